The zero-order valence-electron chi connectivity index (χ0n) is 15.8. The number of carboxylic acids is 1. The molecule has 0 aliphatic heterocycles. The number of aromatic carboxylic acids is 1. The summed E-state index contributed by atoms with van der Waals surface area (Å²) in [6.45, 7) is -0.321. The highest BCUT2D eigenvalue weighted by molar-refractivity contribution is 7.92. The van der Waals surface area contributed by atoms with Gasteiger partial charge in [-0.3, -0.25) is 0 Å². The van der Waals surface area contributed by atoms with E-state index in [1.54, 1.807) is 0 Å². The van der Waals surface area contributed by atoms with Crippen molar-refractivity contribution in [3.05, 3.63) is 87.5 Å². The topological polar surface area (TPSA) is 87.6 Å². The minimum absolute atomic E-state index is 0.140. The molecule has 0 radical (unpaired) electrons. The normalized spacial score (nSPS) is 11.9. The lowest BCUT2D eigenvalue weighted by atomic mass is 10.2. The number of alkyl halides is 3. The number of nitrogens with zero attached hydrogens (tertiary/aromatic N) is 2. The Morgan fingerprint density at radius 3 is 2.12 bits per heavy atom. The highest BCUT2D eigenvalue weighted by Crippen LogP contribution is 2.36. The quantitative estimate of drug-likeness (QED) is 0.478. The molecule has 0 amide bonds. The second-order valence-corrected chi connectivity index (χ2v) is 9.20. The smallest absolute Gasteiger partial charge is 0.417 e. The van der Waals surface area contributed by atoms with Crippen LogP contribution in [0.25, 0.3) is 0 Å². The predicted octanol–water partition coefficient (Wildman–Crippen LogP) is 5.50. The molecule has 1 N–H and O–H groups in total. The van der Waals surface area contributed by atoms with E-state index in [-0.39, 0.29) is 17.0 Å². The first-order valence-corrected chi connectivity index (χ1v) is 10.9. The van der Waals surface area contributed by atoms with Crippen molar-refractivity contribution in [1.29, 1.82) is 0 Å². The molecule has 1 aromatic heterocycles. The Labute approximate surface area is 190 Å². The molecular weight excluding hydrogens is 492 g/mol. The second kappa shape index (κ2) is 8.97. The number of carboxylic acid groups (broad SMARTS) is 1. The van der Waals surface area contributed by atoms with E-state index in [4.69, 9.17) is 28.3 Å². The number of pyridine rings is 1. The molecule has 0 fully saturated rings. The summed E-state index contributed by atoms with van der Waals surface area (Å²) < 4.78 is 66.4. The van der Waals surface area contributed by atoms with E-state index >= 15 is 0 Å². The highest BCUT2D eigenvalue weighted by Gasteiger charge is 2.34. The molecule has 0 saturated heterocycles. The molecule has 12 heteroatoms. The summed E-state index contributed by atoms with van der Waals surface area (Å²) in [5, 5.41) is 8.89. The van der Waals surface area contributed by atoms with E-state index in [1.807, 2.05) is 0 Å². The lowest BCUT2D eigenvalue weighted by Gasteiger charge is -2.25. The molecule has 0 atom stereocenters. The van der Waals surface area contributed by atoms with Crippen LogP contribution in [0.15, 0.2) is 65.7 Å². The van der Waals surface area contributed by atoms with E-state index in [0.717, 1.165) is 28.6 Å². The third-order valence-corrected chi connectivity index (χ3v) is 6.59. The van der Waals surface area contributed by atoms with Crippen LogP contribution in [0.1, 0.15) is 21.5 Å². The van der Waals surface area contributed by atoms with Crippen LogP contribution < -0.4 is 4.31 Å². The molecular formula is C20H13Cl2F3N2O4S. The van der Waals surface area contributed by atoms with Crippen LogP contribution in [-0.4, -0.2) is 24.5 Å². The van der Waals surface area contributed by atoms with Gasteiger partial charge in [-0.05, 0) is 48.0 Å². The first kappa shape index (κ1) is 23.8. The Morgan fingerprint density at radius 1 is 1.03 bits per heavy atom. The fraction of sp³-hybridized carbons (Fsp3) is 0.100. The zero-order valence-corrected chi connectivity index (χ0v) is 18.2. The summed E-state index contributed by atoms with van der Waals surface area (Å²) in [7, 11) is -4.40. The number of rotatable bonds is 6. The van der Waals surface area contributed by atoms with E-state index < -0.39 is 38.6 Å². The molecule has 168 valence electrons. The summed E-state index contributed by atoms with van der Waals surface area (Å²) in [6, 6.07) is 11.0. The lowest BCUT2D eigenvalue weighted by Crippen LogP contribution is -2.31. The molecule has 0 bridgehead atoms. The maximum atomic E-state index is 13.4. The van der Waals surface area contributed by atoms with Crippen LogP contribution >= 0.6 is 23.2 Å². The minimum atomic E-state index is -4.72. The van der Waals surface area contributed by atoms with Crippen molar-refractivity contribution in [2.24, 2.45) is 0 Å². The van der Waals surface area contributed by atoms with Crippen molar-refractivity contribution in [1.82, 2.24) is 4.98 Å². The third-order valence-electron chi connectivity index (χ3n) is 4.31. The van der Waals surface area contributed by atoms with Crippen molar-refractivity contribution >= 4 is 45.0 Å². The standard InChI is InChI=1S/C20H13Cl2F3N2O4S/c21-15-5-1-12(2-6-15)11-27(18-17(22)9-14(10-26-18)20(23,24)25)32(30,31)16-7-3-13(4-8-16)19(28)29/h1-10H,11H2,(H,28,29). The third kappa shape index (κ3) is 5.14. The number of benzene rings is 2. The molecule has 0 unspecified atom stereocenters. The van der Waals surface area contributed by atoms with Gasteiger partial charge in [0.25, 0.3) is 10.0 Å². The molecule has 3 rings (SSSR count). The fourth-order valence-electron chi connectivity index (χ4n) is 2.70. The van der Waals surface area contributed by atoms with Crippen molar-refractivity contribution in [2.45, 2.75) is 17.6 Å². The first-order valence-electron chi connectivity index (χ1n) is 8.73. The number of hydrogen-bond donors (Lipinski definition) is 1. The number of aromatic nitrogens is 1. The van der Waals surface area contributed by atoms with Gasteiger partial charge in [-0.15, -0.1) is 0 Å². The van der Waals surface area contributed by atoms with E-state index in [2.05, 4.69) is 4.98 Å². The van der Waals surface area contributed by atoms with Crippen LogP contribution in [0.2, 0.25) is 10.0 Å². The van der Waals surface area contributed by atoms with Gasteiger partial charge in [-0.1, -0.05) is 35.3 Å². The molecule has 0 spiro atoms. The molecule has 1 heterocycles. The Balaban J connectivity index is 2.12. The number of carbonyl (C=O) groups is 1. The Kier molecular flexibility index (Phi) is 6.68. The van der Waals surface area contributed by atoms with E-state index in [1.165, 1.54) is 24.3 Å². The predicted molar refractivity (Wildman–Crippen MR) is 112 cm³/mol. The first-order chi connectivity index (χ1) is 14.9. The van der Waals surface area contributed by atoms with Crippen LogP contribution in [0, 0.1) is 0 Å². The van der Waals surface area contributed by atoms with Gasteiger partial charge in [0.15, 0.2) is 5.82 Å². The van der Waals surface area contributed by atoms with Gasteiger partial charge in [0.05, 0.1) is 27.6 Å². The molecule has 32 heavy (non-hydrogen) atoms. The van der Waals surface area contributed by atoms with Crippen molar-refractivity contribution in [3.63, 3.8) is 0 Å². The molecule has 0 aliphatic carbocycles. The Hall–Kier alpha value is -2.82. The molecule has 3 aromatic rings. The molecule has 0 saturated carbocycles. The lowest BCUT2D eigenvalue weighted by molar-refractivity contribution is -0.137. The maximum absolute atomic E-state index is 13.4. The second-order valence-electron chi connectivity index (χ2n) is 6.49. The van der Waals surface area contributed by atoms with Crippen LogP contribution in [0.5, 0.6) is 0 Å². The summed E-state index contributed by atoms with van der Waals surface area (Å²) in [4.78, 5) is 14.4. The molecule has 2 aromatic carbocycles. The maximum Gasteiger partial charge on any atom is 0.417 e. The fourth-order valence-corrected chi connectivity index (χ4v) is 4.57. The van der Waals surface area contributed by atoms with Crippen LogP contribution in [0.3, 0.4) is 0 Å². The molecule has 6 nitrogen and oxygen atoms in total. The molecule has 0 aliphatic rings. The van der Waals surface area contributed by atoms with Gasteiger partial charge in [-0.25, -0.2) is 22.5 Å². The zero-order chi connectivity index (χ0) is 23.7. The van der Waals surface area contributed by atoms with Crippen molar-refractivity contribution in [3.8, 4) is 0 Å². The van der Waals surface area contributed by atoms with Gasteiger partial charge in [0.2, 0.25) is 0 Å². The van der Waals surface area contributed by atoms with E-state index in [9.17, 15) is 26.4 Å². The van der Waals surface area contributed by atoms with Crippen molar-refractivity contribution in [2.75, 3.05) is 4.31 Å². The number of halogens is 5. The highest BCUT2D eigenvalue weighted by atomic mass is 35.5. The van der Waals surface area contributed by atoms with Crippen LogP contribution in [0.4, 0.5) is 19.0 Å². The van der Waals surface area contributed by atoms with Gasteiger partial charge < -0.3 is 5.11 Å². The van der Waals surface area contributed by atoms with E-state index in [0.29, 0.717) is 22.8 Å². The SMILES string of the molecule is O=C(O)c1ccc(S(=O)(=O)N(Cc2ccc(Cl)cc2)c2ncc(C(F)(F)F)cc2Cl)cc1. The van der Waals surface area contributed by atoms with Crippen LogP contribution in [-0.2, 0) is 22.7 Å². The number of sulfonamides is 1. The summed E-state index contributed by atoms with van der Waals surface area (Å²) in [6.07, 6.45) is -4.24. The van der Waals surface area contributed by atoms with Crippen molar-refractivity contribution < 1.29 is 31.5 Å². The largest absolute Gasteiger partial charge is 0.478 e. The number of anilines is 1. The van der Waals surface area contributed by atoms with Gasteiger partial charge in [-0.2, -0.15) is 13.2 Å². The van der Waals surface area contributed by atoms with Gasteiger partial charge in [0.1, 0.15) is 0 Å². The summed E-state index contributed by atoms with van der Waals surface area (Å²) in [5.74, 6) is -1.67. The average Bonchev–Trinajstić information content (AvgIpc) is 2.73. The average molecular weight is 505 g/mol. The summed E-state index contributed by atoms with van der Waals surface area (Å²) >= 11 is 11.9. The van der Waals surface area contributed by atoms with Gasteiger partial charge >= 0.3 is 12.1 Å². The Morgan fingerprint density at radius 2 is 1.62 bits per heavy atom. The minimum Gasteiger partial charge on any atom is -0.478 e. The number of hydrogen-bond acceptors (Lipinski definition) is 4. The van der Waals surface area contributed by atoms with Gasteiger partial charge in [0, 0.05) is 11.2 Å². The summed E-state index contributed by atoms with van der Waals surface area (Å²) in [5.41, 5.74) is -0.822. The monoisotopic (exact) mass is 504 g/mol. The Bertz CT molecular complexity index is 1250.